The Morgan fingerprint density at radius 3 is 2.75 bits per heavy atom. The Morgan fingerprint density at radius 2 is 2.25 bits per heavy atom. The van der Waals surface area contributed by atoms with Crippen molar-refractivity contribution in [3.8, 4) is 0 Å². The van der Waals surface area contributed by atoms with E-state index in [1.165, 1.54) is 0 Å². The molecule has 0 radical (unpaired) electrons. The van der Waals surface area contributed by atoms with E-state index < -0.39 is 10.0 Å². The van der Waals surface area contributed by atoms with Crippen molar-refractivity contribution in [2.75, 3.05) is 0 Å². The highest BCUT2D eigenvalue weighted by Crippen LogP contribution is 2.21. The van der Waals surface area contributed by atoms with Gasteiger partial charge in [0.2, 0.25) is 10.0 Å². The first-order valence-corrected chi connectivity index (χ1v) is 5.51. The molecular weight excluding hydrogens is 174 g/mol. The largest absolute Gasteiger partial charge is 0.234 e. The van der Waals surface area contributed by atoms with Crippen LogP contribution in [0.4, 0.5) is 0 Å². The maximum atomic E-state index is 10.9. The average molecular weight is 187 g/mol. The highest BCUT2D eigenvalue weighted by atomic mass is 32.2. The first-order valence-electron chi connectivity index (χ1n) is 3.96. The summed E-state index contributed by atoms with van der Waals surface area (Å²) in [5.74, 6) is 0. The molecular formula is C8H13NO2S. The predicted molar refractivity (Wildman–Crippen MR) is 48.8 cm³/mol. The van der Waals surface area contributed by atoms with Gasteiger partial charge in [-0.3, -0.25) is 0 Å². The number of allylic oxidation sites excluding steroid dienone is 4. The van der Waals surface area contributed by atoms with Crippen molar-refractivity contribution < 1.29 is 8.42 Å². The fourth-order valence-corrected chi connectivity index (χ4v) is 1.93. The molecule has 1 rings (SSSR count). The first kappa shape index (κ1) is 9.48. The molecule has 0 saturated carbocycles. The Kier molecular flexibility index (Phi) is 2.69. The third kappa shape index (κ3) is 2.19. The second kappa shape index (κ2) is 3.41. The Labute approximate surface area is 73.0 Å². The topological polar surface area (TPSA) is 60.2 Å². The van der Waals surface area contributed by atoms with Crippen LogP contribution >= 0.6 is 0 Å². The van der Waals surface area contributed by atoms with Crippen LogP contribution in [0.1, 0.15) is 26.2 Å². The van der Waals surface area contributed by atoms with Crippen LogP contribution in [0.3, 0.4) is 0 Å². The van der Waals surface area contributed by atoms with Crippen LogP contribution in [0.25, 0.3) is 0 Å². The molecule has 1 aliphatic carbocycles. The number of primary sulfonamides is 1. The summed E-state index contributed by atoms with van der Waals surface area (Å²) in [6.07, 6.45) is 5.92. The summed E-state index contributed by atoms with van der Waals surface area (Å²) >= 11 is 0. The van der Waals surface area contributed by atoms with Gasteiger partial charge in [-0.15, -0.1) is 0 Å². The van der Waals surface area contributed by atoms with E-state index in [-0.39, 0.29) is 0 Å². The number of hydrogen-bond acceptors (Lipinski definition) is 2. The van der Waals surface area contributed by atoms with E-state index in [2.05, 4.69) is 6.08 Å². The van der Waals surface area contributed by atoms with Gasteiger partial charge in [-0.1, -0.05) is 18.6 Å². The van der Waals surface area contributed by atoms with E-state index in [9.17, 15) is 8.42 Å². The zero-order valence-electron chi connectivity index (χ0n) is 7.08. The van der Waals surface area contributed by atoms with Gasteiger partial charge >= 0.3 is 0 Å². The SMILES string of the molecule is CCC1=CCCC(S(N)(=O)=O)=C1. The fourth-order valence-electron chi connectivity index (χ4n) is 1.21. The molecule has 0 aromatic heterocycles. The molecule has 0 atom stereocenters. The highest BCUT2D eigenvalue weighted by molar-refractivity contribution is 7.93. The van der Waals surface area contributed by atoms with Crippen molar-refractivity contribution in [1.82, 2.24) is 0 Å². The average Bonchev–Trinajstić information content (AvgIpc) is 2.03. The van der Waals surface area contributed by atoms with Crippen LogP contribution < -0.4 is 5.14 Å². The molecule has 0 bridgehead atoms. The third-order valence-electron chi connectivity index (χ3n) is 1.92. The lowest BCUT2D eigenvalue weighted by Crippen LogP contribution is -2.15. The molecule has 0 aromatic rings. The van der Waals surface area contributed by atoms with Crippen molar-refractivity contribution in [3.63, 3.8) is 0 Å². The number of nitrogens with two attached hydrogens (primary N) is 1. The molecule has 0 aliphatic heterocycles. The number of hydrogen-bond donors (Lipinski definition) is 1. The van der Waals surface area contributed by atoms with Crippen molar-refractivity contribution in [3.05, 3.63) is 22.6 Å². The van der Waals surface area contributed by atoms with Crippen LogP contribution in [0.5, 0.6) is 0 Å². The smallest absolute Gasteiger partial charge is 0.225 e. The summed E-state index contributed by atoms with van der Waals surface area (Å²) in [7, 11) is -3.45. The number of sulfonamides is 1. The minimum absolute atomic E-state index is 0.363. The molecule has 0 aromatic carbocycles. The van der Waals surface area contributed by atoms with Gasteiger partial charge in [-0.2, -0.15) is 0 Å². The third-order valence-corrected chi connectivity index (χ3v) is 2.97. The monoisotopic (exact) mass is 187 g/mol. The van der Waals surface area contributed by atoms with E-state index in [0.29, 0.717) is 11.3 Å². The Morgan fingerprint density at radius 1 is 1.58 bits per heavy atom. The Balaban J connectivity index is 2.95. The van der Waals surface area contributed by atoms with E-state index in [0.717, 1.165) is 18.4 Å². The second-order valence-corrected chi connectivity index (χ2v) is 4.44. The van der Waals surface area contributed by atoms with Gasteiger partial charge in [0.25, 0.3) is 0 Å². The van der Waals surface area contributed by atoms with Crippen molar-refractivity contribution >= 4 is 10.0 Å². The van der Waals surface area contributed by atoms with E-state index >= 15 is 0 Å². The van der Waals surface area contributed by atoms with Crippen LogP contribution in [0.15, 0.2) is 22.6 Å². The molecule has 68 valence electrons. The molecule has 1 aliphatic rings. The maximum Gasteiger partial charge on any atom is 0.234 e. The summed E-state index contributed by atoms with van der Waals surface area (Å²) < 4.78 is 21.9. The summed E-state index contributed by atoms with van der Waals surface area (Å²) in [5, 5.41) is 5.00. The summed E-state index contributed by atoms with van der Waals surface area (Å²) in [6.45, 7) is 1.99. The summed E-state index contributed by atoms with van der Waals surface area (Å²) in [4.78, 5) is 0.363. The minimum Gasteiger partial charge on any atom is -0.225 e. The predicted octanol–water partition coefficient (Wildman–Crippen LogP) is 1.29. The van der Waals surface area contributed by atoms with E-state index in [1.54, 1.807) is 6.08 Å². The van der Waals surface area contributed by atoms with Crippen LogP contribution in [0.2, 0.25) is 0 Å². The van der Waals surface area contributed by atoms with Gasteiger partial charge in [0.1, 0.15) is 0 Å². The maximum absolute atomic E-state index is 10.9. The molecule has 0 unspecified atom stereocenters. The van der Waals surface area contributed by atoms with Crippen molar-refractivity contribution in [1.29, 1.82) is 0 Å². The van der Waals surface area contributed by atoms with E-state index in [1.807, 2.05) is 6.92 Å². The molecule has 0 fully saturated rings. The summed E-state index contributed by atoms with van der Waals surface area (Å²) in [6, 6.07) is 0. The molecule has 4 heteroatoms. The fraction of sp³-hybridized carbons (Fsp3) is 0.500. The molecule has 0 saturated heterocycles. The minimum atomic E-state index is -3.45. The van der Waals surface area contributed by atoms with Crippen LogP contribution in [-0.2, 0) is 10.0 Å². The molecule has 0 heterocycles. The Bertz CT molecular complexity index is 325. The van der Waals surface area contributed by atoms with Gasteiger partial charge < -0.3 is 0 Å². The normalized spacial score (nSPS) is 18.5. The Hall–Kier alpha value is -0.610. The van der Waals surface area contributed by atoms with Crippen molar-refractivity contribution in [2.24, 2.45) is 5.14 Å². The lowest BCUT2D eigenvalue weighted by atomic mass is 10.1. The first-order chi connectivity index (χ1) is 5.54. The van der Waals surface area contributed by atoms with Crippen LogP contribution in [-0.4, -0.2) is 8.42 Å². The highest BCUT2D eigenvalue weighted by Gasteiger charge is 2.14. The molecule has 0 spiro atoms. The van der Waals surface area contributed by atoms with E-state index in [4.69, 9.17) is 5.14 Å². The zero-order chi connectivity index (χ0) is 9.19. The second-order valence-electron chi connectivity index (χ2n) is 2.83. The summed E-state index contributed by atoms with van der Waals surface area (Å²) in [5.41, 5.74) is 1.06. The van der Waals surface area contributed by atoms with Crippen molar-refractivity contribution in [2.45, 2.75) is 26.2 Å². The molecule has 2 N–H and O–H groups in total. The lowest BCUT2D eigenvalue weighted by molar-refractivity contribution is 0.601. The van der Waals surface area contributed by atoms with Gasteiger partial charge in [-0.05, 0) is 25.3 Å². The lowest BCUT2D eigenvalue weighted by Gasteiger charge is -2.10. The van der Waals surface area contributed by atoms with Gasteiger partial charge in [0, 0.05) is 0 Å². The number of rotatable bonds is 2. The standard InChI is InChI=1S/C8H13NO2S/c1-2-7-4-3-5-8(6-7)12(9,10)11/h4,6H,2-3,5H2,1H3,(H2,9,10,11). The molecule has 0 amide bonds. The van der Waals surface area contributed by atoms with Gasteiger partial charge in [0.15, 0.2) is 0 Å². The quantitative estimate of drug-likeness (QED) is 0.708. The molecule has 3 nitrogen and oxygen atoms in total. The van der Waals surface area contributed by atoms with Crippen LogP contribution in [0, 0.1) is 0 Å². The van der Waals surface area contributed by atoms with Gasteiger partial charge in [0.05, 0.1) is 4.91 Å². The zero-order valence-corrected chi connectivity index (χ0v) is 7.89. The molecule has 12 heavy (non-hydrogen) atoms. The van der Waals surface area contributed by atoms with Gasteiger partial charge in [-0.25, -0.2) is 13.6 Å².